The lowest BCUT2D eigenvalue weighted by Gasteiger charge is -2.10. The molecular weight excluding hydrogens is 441 g/mol. The molecule has 1 saturated heterocycles. The molecule has 0 spiro atoms. The zero-order valence-electron chi connectivity index (χ0n) is 15.9. The molecule has 3 aromatic carbocycles. The van der Waals surface area contributed by atoms with E-state index >= 15 is 0 Å². The van der Waals surface area contributed by atoms with Crippen molar-refractivity contribution in [2.45, 2.75) is 11.7 Å². The monoisotopic (exact) mass is 457 g/mol. The van der Waals surface area contributed by atoms with Crippen LogP contribution in [0.3, 0.4) is 0 Å². The van der Waals surface area contributed by atoms with Crippen LogP contribution in [0, 0.1) is 0 Å². The van der Waals surface area contributed by atoms with Gasteiger partial charge in [-0.15, -0.1) is 0 Å². The maximum Gasteiger partial charge on any atom is 0.242 e. The topological polar surface area (TPSA) is 61.8 Å². The van der Waals surface area contributed by atoms with Crippen molar-refractivity contribution in [2.75, 3.05) is 12.4 Å². The van der Waals surface area contributed by atoms with Gasteiger partial charge in [-0.05, 0) is 29.7 Å². The van der Waals surface area contributed by atoms with Crippen LogP contribution in [0.15, 0.2) is 65.7 Å². The SMILES string of the molecule is CN1C(=O)[C@H](CC(=O)Nc2cc(Cl)ccc2Cl)SC1=Nc1cccc2ccccc12. The number of hydrogen-bond donors (Lipinski definition) is 1. The Hall–Kier alpha value is -2.54. The van der Waals surface area contributed by atoms with Crippen molar-refractivity contribution in [1.29, 1.82) is 0 Å². The van der Waals surface area contributed by atoms with E-state index in [-0.39, 0.29) is 18.2 Å². The Bertz CT molecular complexity index is 1180. The minimum Gasteiger partial charge on any atom is -0.325 e. The molecule has 1 aliphatic heterocycles. The number of hydrogen-bond acceptors (Lipinski definition) is 4. The first-order valence-corrected chi connectivity index (χ1v) is 10.8. The number of amides is 2. The first kappa shape index (κ1) is 20.7. The molecule has 0 unspecified atom stereocenters. The number of rotatable bonds is 4. The highest BCUT2D eigenvalue weighted by Crippen LogP contribution is 2.33. The van der Waals surface area contributed by atoms with E-state index in [2.05, 4.69) is 5.32 Å². The lowest BCUT2D eigenvalue weighted by molar-refractivity contribution is -0.127. The minimum atomic E-state index is -0.554. The molecule has 4 rings (SSSR count). The maximum atomic E-state index is 12.7. The fraction of sp³-hybridized carbons (Fsp3) is 0.136. The highest BCUT2D eigenvalue weighted by molar-refractivity contribution is 8.15. The van der Waals surface area contributed by atoms with E-state index in [4.69, 9.17) is 28.2 Å². The van der Waals surface area contributed by atoms with Crippen LogP contribution >= 0.6 is 35.0 Å². The number of thioether (sulfide) groups is 1. The van der Waals surface area contributed by atoms with Crippen LogP contribution in [0.1, 0.15) is 6.42 Å². The van der Waals surface area contributed by atoms with Crippen LogP contribution < -0.4 is 5.32 Å². The first-order valence-electron chi connectivity index (χ1n) is 9.18. The van der Waals surface area contributed by atoms with Crippen LogP contribution in [0.25, 0.3) is 10.8 Å². The number of nitrogens with zero attached hydrogens (tertiary/aromatic N) is 2. The number of fused-ring (bicyclic) bond motifs is 1. The van der Waals surface area contributed by atoms with E-state index in [0.717, 1.165) is 16.5 Å². The quantitative estimate of drug-likeness (QED) is 0.543. The highest BCUT2D eigenvalue weighted by atomic mass is 35.5. The average molecular weight is 458 g/mol. The molecule has 8 heteroatoms. The lowest BCUT2D eigenvalue weighted by Crippen LogP contribution is -2.30. The molecule has 1 heterocycles. The summed E-state index contributed by atoms with van der Waals surface area (Å²) in [5, 5.41) is 5.66. The van der Waals surface area contributed by atoms with E-state index < -0.39 is 5.25 Å². The molecule has 1 aliphatic rings. The van der Waals surface area contributed by atoms with Crippen LogP contribution in [-0.4, -0.2) is 34.2 Å². The molecule has 0 aromatic heterocycles. The predicted molar refractivity (Wildman–Crippen MR) is 125 cm³/mol. The molecule has 30 heavy (non-hydrogen) atoms. The van der Waals surface area contributed by atoms with E-state index in [1.54, 1.807) is 25.2 Å². The Balaban J connectivity index is 1.51. The number of aliphatic imine (C=N–C) groups is 1. The van der Waals surface area contributed by atoms with Crippen molar-refractivity contribution in [3.8, 4) is 0 Å². The van der Waals surface area contributed by atoms with Gasteiger partial charge in [0.1, 0.15) is 5.25 Å². The van der Waals surface area contributed by atoms with Crippen LogP contribution in [-0.2, 0) is 9.59 Å². The smallest absolute Gasteiger partial charge is 0.242 e. The van der Waals surface area contributed by atoms with Gasteiger partial charge < -0.3 is 5.32 Å². The van der Waals surface area contributed by atoms with Crippen LogP contribution in [0.4, 0.5) is 11.4 Å². The molecule has 0 bridgehead atoms. The third-order valence-corrected chi connectivity index (χ3v) is 6.49. The van der Waals surface area contributed by atoms with E-state index in [1.165, 1.54) is 16.7 Å². The zero-order chi connectivity index (χ0) is 21.3. The lowest BCUT2D eigenvalue weighted by atomic mass is 10.1. The van der Waals surface area contributed by atoms with E-state index in [0.29, 0.717) is 20.9 Å². The van der Waals surface area contributed by atoms with E-state index in [1.807, 2.05) is 42.5 Å². The molecule has 0 radical (unpaired) electrons. The summed E-state index contributed by atoms with van der Waals surface area (Å²) in [5.41, 5.74) is 1.20. The Morgan fingerprint density at radius 3 is 2.73 bits per heavy atom. The molecule has 5 nitrogen and oxygen atoms in total. The maximum absolute atomic E-state index is 12.7. The number of nitrogens with one attached hydrogen (secondary N) is 1. The van der Waals surface area contributed by atoms with Crippen LogP contribution in [0.5, 0.6) is 0 Å². The van der Waals surface area contributed by atoms with Gasteiger partial charge in [0.25, 0.3) is 0 Å². The van der Waals surface area contributed by atoms with Gasteiger partial charge in [0.05, 0.1) is 16.4 Å². The summed E-state index contributed by atoms with van der Waals surface area (Å²) in [7, 11) is 1.67. The number of anilines is 1. The van der Waals surface area contributed by atoms with Crippen molar-refractivity contribution < 1.29 is 9.59 Å². The van der Waals surface area contributed by atoms with Crippen molar-refractivity contribution in [1.82, 2.24) is 4.90 Å². The number of halogens is 2. The third kappa shape index (κ3) is 4.31. The molecule has 2 amide bonds. The van der Waals surface area contributed by atoms with Gasteiger partial charge in [-0.2, -0.15) is 0 Å². The molecule has 1 fully saturated rings. The Kier molecular flexibility index (Phi) is 5.99. The predicted octanol–water partition coefficient (Wildman–Crippen LogP) is 5.74. The number of amidine groups is 1. The summed E-state index contributed by atoms with van der Waals surface area (Å²) in [5.74, 6) is -0.476. The van der Waals surface area contributed by atoms with Crippen molar-refractivity contribution in [3.05, 3.63) is 70.7 Å². The Labute approximate surface area is 188 Å². The highest BCUT2D eigenvalue weighted by Gasteiger charge is 2.37. The molecule has 152 valence electrons. The second-order valence-electron chi connectivity index (χ2n) is 6.77. The normalized spacial score (nSPS) is 17.7. The van der Waals surface area contributed by atoms with Crippen molar-refractivity contribution in [2.24, 2.45) is 4.99 Å². The van der Waals surface area contributed by atoms with Crippen molar-refractivity contribution in [3.63, 3.8) is 0 Å². The average Bonchev–Trinajstić information content (AvgIpc) is 2.99. The molecule has 1 N–H and O–H groups in total. The summed E-state index contributed by atoms with van der Waals surface area (Å²) >= 11 is 13.3. The standard InChI is InChI=1S/C22H17Cl2N3O2S/c1-27-21(29)19(12-20(28)25-18-11-14(23)9-10-16(18)24)30-22(27)26-17-8-4-6-13-5-2-3-7-15(13)17/h2-11,19H,12H2,1H3,(H,25,28)/t19-/m0/s1. The molecule has 0 aliphatic carbocycles. The third-order valence-electron chi connectivity index (χ3n) is 4.70. The summed E-state index contributed by atoms with van der Waals surface area (Å²) in [4.78, 5) is 31.4. The van der Waals surface area contributed by atoms with Gasteiger partial charge in [-0.25, -0.2) is 4.99 Å². The summed E-state index contributed by atoms with van der Waals surface area (Å²) < 4.78 is 0. The zero-order valence-corrected chi connectivity index (χ0v) is 18.3. The fourth-order valence-electron chi connectivity index (χ4n) is 3.17. The Morgan fingerprint density at radius 2 is 1.90 bits per heavy atom. The summed E-state index contributed by atoms with van der Waals surface area (Å²) in [6.45, 7) is 0. The molecule has 0 saturated carbocycles. The molecule has 1 atom stereocenters. The van der Waals surface area contributed by atoms with Crippen molar-refractivity contribution >= 4 is 74.1 Å². The van der Waals surface area contributed by atoms with Gasteiger partial charge >= 0.3 is 0 Å². The second kappa shape index (κ2) is 8.68. The number of benzene rings is 3. The Morgan fingerprint density at radius 1 is 1.13 bits per heavy atom. The van der Waals surface area contributed by atoms with Gasteiger partial charge in [0.15, 0.2) is 5.17 Å². The number of carbonyl (C=O) groups excluding carboxylic acids is 2. The molecule has 3 aromatic rings. The van der Waals surface area contributed by atoms with Gasteiger partial charge in [-0.1, -0.05) is 71.4 Å². The largest absolute Gasteiger partial charge is 0.325 e. The number of carbonyl (C=O) groups is 2. The fourth-order valence-corrected chi connectivity index (χ4v) is 4.65. The molecular formula is C22H17Cl2N3O2S. The van der Waals surface area contributed by atoms with Gasteiger partial charge in [-0.3, -0.25) is 14.5 Å². The minimum absolute atomic E-state index is 0.00520. The second-order valence-corrected chi connectivity index (χ2v) is 8.79. The van der Waals surface area contributed by atoms with Crippen LogP contribution in [0.2, 0.25) is 10.0 Å². The van der Waals surface area contributed by atoms with Gasteiger partial charge in [0, 0.05) is 23.9 Å². The van der Waals surface area contributed by atoms with Gasteiger partial charge in [0.2, 0.25) is 11.8 Å². The van der Waals surface area contributed by atoms with E-state index in [9.17, 15) is 9.59 Å². The first-order chi connectivity index (χ1) is 14.4. The summed E-state index contributed by atoms with van der Waals surface area (Å²) in [6, 6.07) is 18.6. The summed E-state index contributed by atoms with van der Waals surface area (Å²) in [6.07, 6.45) is 0.00520.